The van der Waals surface area contributed by atoms with Crippen molar-refractivity contribution in [1.29, 1.82) is 0 Å². The van der Waals surface area contributed by atoms with Crippen LogP contribution < -0.4 is 15.0 Å². The molecule has 2 aromatic carbocycles. The molecule has 1 aliphatic heterocycles. The van der Waals surface area contributed by atoms with Gasteiger partial charge in [0.05, 0.1) is 6.04 Å². The minimum Gasteiger partial charge on any atom is -0.481 e. The molecule has 0 saturated carbocycles. The molecule has 1 fully saturated rings. The van der Waals surface area contributed by atoms with Crippen LogP contribution in [0, 0.1) is 5.92 Å². The summed E-state index contributed by atoms with van der Waals surface area (Å²) in [6.45, 7) is 10.7. The van der Waals surface area contributed by atoms with Gasteiger partial charge in [-0.3, -0.25) is 4.79 Å². The van der Waals surface area contributed by atoms with Gasteiger partial charge < -0.3 is 15.0 Å². The average molecular weight is 409 g/mol. The molecule has 0 aliphatic carbocycles. The Bertz CT molecular complexity index is 793. The first-order valence-corrected chi connectivity index (χ1v) is 11.4. The van der Waals surface area contributed by atoms with E-state index >= 15 is 0 Å². The maximum absolute atomic E-state index is 12.8. The van der Waals surface area contributed by atoms with E-state index in [2.05, 4.69) is 48.3 Å². The summed E-state index contributed by atoms with van der Waals surface area (Å²) in [6, 6.07) is 16.5. The van der Waals surface area contributed by atoms with Gasteiger partial charge in [-0.25, -0.2) is 0 Å². The van der Waals surface area contributed by atoms with Gasteiger partial charge in [-0.1, -0.05) is 45.0 Å². The summed E-state index contributed by atoms with van der Waals surface area (Å²) in [6.07, 6.45) is 3.64. The quantitative estimate of drug-likeness (QED) is 0.625. The van der Waals surface area contributed by atoms with Gasteiger partial charge >= 0.3 is 0 Å². The highest BCUT2D eigenvalue weighted by Gasteiger charge is 2.21. The van der Waals surface area contributed by atoms with Crippen molar-refractivity contribution in [2.45, 2.75) is 65.5 Å². The SMILES string of the molecule is CCc1ccc(O[C@@H](CC)C(=O)N[C@@H](C)c2ccc(N3CCC(C)CC3)cc2)cc1. The second-order valence-electron chi connectivity index (χ2n) is 8.50. The lowest BCUT2D eigenvalue weighted by molar-refractivity contribution is -0.128. The number of carbonyl (C=O) groups excluding carboxylic acids is 1. The van der Waals surface area contributed by atoms with E-state index in [-0.39, 0.29) is 11.9 Å². The van der Waals surface area contributed by atoms with Gasteiger partial charge in [0.25, 0.3) is 5.91 Å². The number of hydrogen-bond acceptors (Lipinski definition) is 3. The Morgan fingerprint density at radius 1 is 1.07 bits per heavy atom. The summed E-state index contributed by atoms with van der Waals surface area (Å²) in [7, 11) is 0. The number of rotatable bonds is 8. The number of amides is 1. The topological polar surface area (TPSA) is 41.6 Å². The van der Waals surface area contributed by atoms with Crippen LogP contribution in [0.15, 0.2) is 48.5 Å². The fraction of sp³-hybridized carbons (Fsp3) is 0.500. The van der Waals surface area contributed by atoms with E-state index in [9.17, 15) is 4.79 Å². The van der Waals surface area contributed by atoms with Gasteiger partial charge in [-0.2, -0.15) is 0 Å². The predicted octanol–water partition coefficient (Wildman–Crippen LogP) is 5.52. The van der Waals surface area contributed by atoms with Gasteiger partial charge in [0.15, 0.2) is 6.10 Å². The third-order valence-corrected chi connectivity index (χ3v) is 6.17. The molecule has 3 rings (SSSR count). The summed E-state index contributed by atoms with van der Waals surface area (Å²) in [5.74, 6) is 1.50. The number of carbonyl (C=O) groups is 1. The van der Waals surface area contributed by atoms with E-state index in [0.717, 1.165) is 36.7 Å². The average Bonchev–Trinajstić information content (AvgIpc) is 2.78. The van der Waals surface area contributed by atoms with Crippen LogP contribution >= 0.6 is 0 Å². The Kier molecular flexibility index (Phi) is 7.78. The van der Waals surface area contributed by atoms with Crippen LogP contribution in [0.5, 0.6) is 5.75 Å². The lowest BCUT2D eigenvalue weighted by Gasteiger charge is -2.32. The second-order valence-corrected chi connectivity index (χ2v) is 8.50. The molecular weight excluding hydrogens is 372 g/mol. The summed E-state index contributed by atoms with van der Waals surface area (Å²) < 4.78 is 5.95. The number of piperidine rings is 1. The monoisotopic (exact) mass is 408 g/mol. The first-order chi connectivity index (χ1) is 14.5. The Morgan fingerprint density at radius 2 is 1.70 bits per heavy atom. The molecule has 162 valence electrons. The van der Waals surface area contributed by atoms with E-state index in [1.165, 1.54) is 24.1 Å². The summed E-state index contributed by atoms with van der Waals surface area (Å²) >= 11 is 0. The molecule has 1 amide bonds. The number of aryl methyl sites for hydroxylation is 1. The molecule has 0 unspecified atom stereocenters. The predicted molar refractivity (Wildman–Crippen MR) is 124 cm³/mol. The van der Waals surface area contributed by atoms with Crippen LogP contribution in [-0.4, -0.2) is 25.1 Å². The smallest absolute Gasteiger partial charge is 0.261 e. The maximum atomic E-state index is 12.8. The number of ether oxygens (including phenoxy) is 1. The van der Waals surface area contributed by atoms with E-state index in [0.29, 0.717) is 6.42 Å². The lowest BCUT2D eigenvalue weighted by Crippen LogP contribution is -2.39. The van der Waals surface area contributed by atoms with Gasteiger partial charge in [-0.05, 0) is 73.9 Å². The van der Waals surface area contributed by atoms with Crippen molar-refractivity contribution in [3.8, 4) is 5.75 Å². The molecule has 0 aromatic heterocycles. The van der Waals surface area contributed by atoms with Crippen LogP contribution in [0.4, 0.5) is 5.69 Å². The molecule has 0 radical (unpaired) electrons. The van der Waals surface area contributed by atoms with Gasteiger partial charge in [0.1, 0.15) is 5.75 Å². The molecule has 1 aliphatic rings. The fourth-order valence-electron chi connectivity index (χ4n) is 3.92. The molecule has 4 heteroatoms. The van der Waals surface area contributed by atoms with Crippen molar-refractivity contribution < 1.29 is 9.53 Å². The van der Waals surface area contributed by atoms with Crippen LogP contribution in [-0.2, 0) is 11.2 Å². The van der Waals surface area contributed by atoms with E-state index in [1.807, 2.05) is 38.1 Å². The van der Waals surface area contributed by atoms with Crippen LogP contribution in [0.25, 0.3) is 0 Å². The highest BCUT2D eigenvalue weighted by molar-refractivity contribution is 5.81. The number of nitrogens with one attached hydrogen (secondary N) is 1. The number of hydrogen-bond donors (Lipinski definition) is 1. The normalized spacial score (nSPS) is 16.7. The second kappa shape index (κ2) is 10.5. The molecule has 2 aromatic rings. The Hall–Kier alpha value is -2.49. The minimum absolute atomic E-state index is 0.0620. The molecule has 0 spiro atoms. The molecule has 0 bridgehead atoms. The van der Waals surface area contributed by atoms with Gasteiger partial charge in [-0.15, -0.1) is 0 Å². The lowest BCUT2D eigenvalue weighted by atomic mass is 9.98. The van der Waals surface area contributed by atoms with Crippen molar-refractivity contribution in [1.82, 2.24) is 5.32 Å². The van der Waals surface area contributed by atoms with Crippen molar-refractivity contribution >= 4 is 11.6 Å². The van der Waals surface area contributed by atoms with Crippen molar-refractivity contribution in [3.05, 3.63) is 59.7 Å². The number of anilines is 1. The Morgan fingerprint density at radius 3 is 2.27 bits per heavy atom. The summed E-state index contributed by atoms with van der Waals surface area (Å²) in [5.41, 5.74) is 3.64. The largest absolute Gasteiger partial charge is 0.481 e. The van der Waals surface area contributed by atoms with E-state index < -0.39 is 6.10 Å². The standard InChI is InChI=1S/C26H36N2O2/c1-5-21-7-13-24(14-8-21)30-25(6-2)26(29)27-20(4)22-9-11-23(12-10-22)28-17-15-19(3)16-18-28/h7-14,19-20,25H,5-6,15-18H2,1-4H3,(H,27,29)/t20-,25-/m0/s1. The highest BCUT2D eigenvalue weighted by Crippen LogP contribution is 2.25. The minimum atomic E-state index is -0.491. The number of benzene rings is 2. The molecular formula is C26H36N2O2. The van der Waals surface area contributed by atoms with Crippen molar-refractivity contribution in [2.24, 2.45) is 5.92 Å². The Balaban J connectivity index is 1.56. The highest BCUT2D eigenvalue weighted by atomic mass is 16.5. The van der Waals surface area contributed by atoms with Gasteiger partial charge in [0, 0.05) is 18.8 Å². The van der Waals surface area contributed by atoms with Gasteiger partial charge in [0.2, 0.25) is 0 Å². The van der Waals surface area contributed by atoms with Crippen molar-refractivity contribution in [3.63, 3.8) is 0 Å². The fourth-order valence-corrected chi connectivity index (χ4v) is 3.92. The first-order valence-electron chi connectivity index (χ1n) is 11.4. The molecule has 4 nitrogen and oxygen atoms in total. The maximum Gasteiger partial charge on any atom is 0.261 e. The zero-order chi connectivity index (χ0) is 21.5. The Labute approximate surface area is 181 Å². The first kappa shape index (κ1) is 22.2. The molecule has 1 heterocycles. The number of nitrogens with zero attached hydrogens (tertiary/aromatic N) is 1. The zero-order valence-electron chi connectivity index (χ0n) is 18.9. The summed E-state index contributed by atoms with van der Waals surface area (Å²) in [5, 5.41) is 3.12. The van der Waals surface area contributed by atoms with E-state index in [1.54, 1.807) is 0 Å². The zero-order valence-corrected chi connectivity index (χ0v) is 18.9. The van der Waals surface area contributed by atoms with Crippen LogP contribution in [0.1, 0.15) is 64.1 Å². The van der Waals surface area contributed by atoms with Crippen molar-refractivity contribution in [2.75, 3.05) is 18.0 Å². The molecule has 1 saturated heterocycles. The van der Waals surface area contributed by atoms with E-state index in [4.69, 9.17) is 4.74 Å². The third-order valence-electron chi connectivity index (χ3n) is 6.17. The molecule has 2 atom stereocenters. The van der Waals surface area contributed by atoms with Crippen LogP contribution in [0.3, 0.4) is 0 Å². The molecule has 1 N–H and O–H groups in total. The third kappa shape index (κ3) is 5.78. The molecule has 30 heavy (non-hydrogen) atoms. The van der Waals surface area contributed by atoms with Crippen LogP contribution in [0.2, 0.25) is 0 Å². The summed E-state index contributed by atoms with van der Waals surface area (Å²) in [4.78, 5) is 15.2.